The minimum absolute atomic E-state index is 0.286. The van der Waals surface area contributed by atoms with Gasteiger partial charge in [-0.2, -0.15) is 0 Å². The van der Waals surface area contributed by atoms with Gasteiger partial charge in [0, 0.05) is 22.6 Å². The van der Waals surface area contributed by atoms with Crippen molar-refractivity contribution in [2.45, 2.75) is 46.1 Å². The van der Waals surface area contributed by atoms with E-state index in [1.807, 2.05) is 11.3 Å². The number of hydrogen-bond acceptors (Lipinski definition) is 3. The lowest BCUT2D eigenvalue weighted by atomic mass is 10.1. The van der Waals surface area contributed by atoms with Gasteiger partial charge >= 0.3 is 0 Å². The fraction of sp³-hybridized carbons (Fsp3) is 0.500. The van der Waals surface area contributed by atoms with Crippen LogP contribution >= 0.6 is 11.3 Å². The van der Waals surface area contributed by atoms with Gasteiger partial charge in [-0.15, -0.1) is 11.3 Å². The molecule has 0 aliphatic heterocycles. The molecule has 1 unspecified atom stereocenters. The minimum Gasteiger partial charge on any atom is -0.464 e. The molecule has 0 saturated carbocycles. The Hall–Kier alpha value is -1.06. The van der Waals surface area contributed by atoms with Gasteiger partial charge in [-0.05, 0) is 37.2 Å². The highest BCUT2D eigenvalue weighted by atomic mass is 32.1. The zero-order valence-electron chi connectivity index (χ0n) is 12.0. The summed E-state index contributed by atoms with van der Waals surface area (Å²) in [4.78, 5) is 2.89. The highest BCUT2D eigenvalue weighted by Gasteiger charge is 2.16. The first-order valence-electron chi connectivity index (χ1n) is 7.16. The van der Waals surface area contributed by atoms with Crippen LogP contribution in [0.4, 0.5) is 0 Å². The molecule has 2 nitrogen and oxygen atoms in total. The molecule has 0 spiro atoms. The smallest absolute Gasteiger partial charge is 0.121 e. The fourth-order valence-electron chi connectivity index (χ4n) is 2.21. The zero-order chi connectivity index (χ0) is 13.7. The molecule has 0 bridgehead atoms. The van der Waals surface area contributed by atoms with E-state index < -0.39 is 0 Å². The fourth-order valence-corrected chi connectivity index (χ4v) is 3.22. The summed E-state index contributed by atoms with van der Waals surface area (Å²) in [5.74, 6) is 2.13. The van der Waals surface area contributed by atoms with E-state index in [1.54, 1.807) is 0 Å². The number of nitrogens with one attached hydrogen (secondary N) is 1. The molecule has 3 heteroatoms. The average molecular weight is 277 g/mol. The van der Waals surface area contributed by atoms with Crippen molar-refractivity contribution in [2.75, 3.05) is 6.54 Å². The van der Waals surface area contributed by atoms with Gasteiger partial charge in [0.1, 0.15) is 11.5 Å². The van der Waals surface area contributed by atoms with Crippen LogP contribution in [0.1, 0.15) is 48.1 Å². The number of hydrogen-bond donors (Lipinski definition) is 1. The molecular formula is C16H23NOS. The highest BCUT2D eigenvalue weighted by molar-refractivity contribution is 7.11. The van der Waals surface area contributed by atoms with Crippen LogP contribution in [-0.4, -0.2) is 6.54 Å². The lowest BCUT2D eigenvalue weighted by Gasteiger charge is -2.14. The van der Waals surface area contributed by atoms with E-state index in [0.29, 0.717) is 0 Å². The standard InChI is InChI=1S/C16H23NOS/c1-4-12-7-10-16(18-12)15(17-6-3)11-14-9-8-13(5-2)19-14/h7-10,15,17H,4-6,11H2,1-3H3. The zero-order valence-corrected chi connectivity index (χ0v) is 12.8. The molecule has 1 atom stereocenters. The van der Waals surface area contributed by atoms with E-state index in [-0.39, 0.29) is 6.04 Å². The van der Waals surface area contributed by atoms with Crippen molar-refractivity contribution in [2.24, 2.45) is 0 Å². The summed E-state index contributed by atoms with van der Waals surface area (Å²) in [6.07, 6.45) is 3.09. The molecule has 0 radical (unpaired) electrons. The summed E-state index contributed by atoms with van der Waals surface area (Å²) < 4.78 is 5.89. The molecular weight excluding hydrogens is 254 g/mol. The molecule has 1 N–H and O–H groups in total. The first-order chi connectivity index (χ1) is 9.26. The van der Waals surface area contributed by atoms with Crippen LogP contribution in [0.2, 0.25) is 0 Å². The van der Waals surface area contributed by atoms with Crippen molar-refractivity contribution < 1.29 is 4.42 Å². The number of thiophene rings is 1. The number of likely N-dealkylation sites (N-methyl/N-ethyl adjacent to an activating group) is 1. The van der Waals surface area contributed by atoms with E-state index in [0.717, 1.165) is 37.3 Å². The molecule has 0 aromatic carbocycles. The van der Waals surface area contributed by atoms with Gasteiger partial charge in [0.05, 0.1) is 6.04 Å². The summed E-state index contributed by atoms with van der Waals surface area (Å²) in [6.45, 7) is 7.43. The maximum absolute atomic E-state index is 5.89. The molecule has 0 amide bonds. The molecule has 2 aromatic rings. The normalized spacial score (nSPS) is 12.8. The van der Waals surface area contributed by atoms with Gasteiger partial charge in [0.25, 0.3) is 0 Å². The Morgan fingerprint density at radius 2 is 1.84 bits per heavy atom. The van der Waals surface area contributed by atoms with Crippen molar-refractivity contribution >= 4 is 11.3 Å². The third kappa shape index (κ3) is 3.71. The predicted molar refractivity (Wildman–Crippen MR) is 81.9 cm³/mol. The van der Waals surface area contributed by atoms with Crippen molar-refractivity contribution in [3.63, 3.8) is 0 Å². The van der Waals surface area contributed by atoms with Gasteiger partial charge in [-0.1, -0.05) is 20.8 Å². The largest absolute Gasteiger partial charge is 0.464 e. The quantitative estimate of drug-likeness (QED) is 0.813. The first-order valence-corrected chi connectivity index (χ1v) is 7.98. The Morgan fingerprint density at radius 3 is 2.42 bits per heavy atom. The Kier molecular flexibility index (Phi) is 5.23. The van der Waals surface area contributed by atoms with E-state index in [9.17, 15) is 0 Å². The number of aryl methyl sites for hydroxylation is 2. The molecule has 2 aromatic heterocycles. The van der Waals surface area contributed by atoms with E-state index in [2.05, 4.69) is 50.4 Å². The number of furan rings is 1. The molecule has 19 heavy (non-hydrogen) atoms. The first kappa shape index (κ1) is 14.4. The maximum Gasteiger partial charge on any atom is 0.121 e. The van der Waals surface area contributed by atoms with E-state index in [1.165, 1.54) is 9.75 Å². The Labute approximate surface area is 119 Å². The van der Waals surface area contributed by atoms with Crippen LogP contribution in [0.5, 0.6) is 0 Å². The summed E-state index contributed by atoms with van der Waals surface area (Å²) in [7, 11) is 0. The van der Waals surface area contributed by atoms with Gasteiger partial charge in [-0.25, -0.2) is 0 Å². The van der Waals surface area contributed by atoms with Crippen LogP contribution in [-0.2, 0) is 19.3 Å². The SMILES string of the molecule is CCNC(Cc1ccc(CC)s1)c1ccc(CC)o1. The van der Waals surface area contributed by atoms with Crippen LogP contribution < -0.4 is 5.32 Å². The molecule has 2 heterocycles. The second-order valence-corrected chi connectivity index (χ2v) is 5.95. The summed E-state index contributed by atoms with van der Waals surface area (Å²) >= 11 is 1.91. The molecule has 2 rings (SSSR count). The van der Waals surface area contributed by atoms with Crippen LogP contribution in [0, 0.1) is 0 Å². The van der Waals surface area contributed by atoms with Crippen molar-refractivity contribution in [3.05, 3.63) is 45.5 Å². The lowest BCUT2D eigenvalue weighted by Crippen LogP contribution is -2.22. The molecule has 104 valence electrons. The third-order valence-corrected chi connectivity index (χ3v) is 4.55. The second kappa shape index (κ2) is 6.92. The van der Waals surface area contributed by atoms with Crippen molar-refractivity contribution in [1.82, 2.24) is 5.32 Å². The third-order valence-electron chi connectivity index (χ3n) is 3.30. The molecule has 0 aliphatic carbocycles. The minimum atomic E-state index is 0.286. The predicted octanol–water partition coefficient (Wildman–Crippen LogP) is 4.36. The van der Waals surface area contributed by atoms with Gasteiger partial charge in [0.2, 0.25) is 0 Å². The van der Waals surface area contributed by atoms with E-state index in [4.69, 9.17) is 4.42 Å². The Morgan fingerprint density at radius 1 is 1.05 bits per heavy atom. The van der Waals surface area contributed by atoms with Crippen LogP contribution in [0.3, 0.4) is 0 Å². The van der Waals surface area contributed by atoms with Gasteiger partial charge in [-0.3, -0.25) is 0 Å². The Bertz CT molecular complexity index is 500. The summed E-state index contributed by atoms with van der Waals surface area (Å²) in [6, 6.07) is 8.97. The average Bonchev–Trinajstić information content (AvgIpc) is 3.06. The van der Waals surface area contributed by atoms with Crippen LogP contribution in [0.15, 0.2) is 28.7 Å². The van der Waals surface area contributed by atoms with E-state index >= 15 is 0 Å². The monoisotopic (exact) mass is 277 g/mol. The topological polar surface area (TPSA) is 25.2 Å². The van der Waals surface area contributed by atoms with Crippen molar-refractivity contribution in [3.8, 4) is 0 Å². The molecule has 0 aliphatic rings. The lowest BCUT2D eigenvalue weighted by molar-refractivity contribution is 0.398. The molecule has 0 saturated heterocycles. The highest BCUT2D eigenvalue weighted by Crippen LogP contribution is 2.25. The summed E-state index contributed by atoms with van der Waals surface area (Å²) in [5.41, 5.74) is 0. The Balaban J connectivity index is 2.10. The maximum atomic E-state index is 5.89. The van der Waals surface area contributed by atoms with Gasteiger partial charge < -0.3 is 9.73 Å². The number of rotatable bonds is 7. The van der Waals surface area contributed by atoms with Crippen LogP contribution in [0.25, 0.3) is 0 Å². The van der Waals surface area contributed by atoms with Gasteiger partial charge in [0.15, 0.2) is 0 Å². The second-order valence-electron chi connectivity index (χ2n) is 4.69. The molecule has 0 fully saturated rings. The van der Waals surface area contributed by atoms with Crippen molar-refractivity contribution in [1.29, 1.82) is 0 Å². The summed E-state index contributed by atoms with van der Waals surface area (Å²) in [5, 5.41) is 3.52.